The Balaban J connectivity index is 0.000000409. The first-order valence-corrected chi connectivity index (χ1v) is 9.56. The number of carbonyl (C=O) groups is 3. The van der Waals surface area contributed by atoms with E-state index in [0.29, 0.717) is 0 Å². The van der Waals surface area contributed by atoms with Crippen molar-refractivity contribution >= 4 is 23.5 Å². The van der Waals surface area contributed by atoms with E-state index in [1.165, 1.54) is 12.8 Å². The molecule has 0 amide bonds. The highest BCUT2D eigenvalue weighted by Crippen LogP contribution is 2.30. The fourth-order valence-electron chi connectivity index (χ4n) is 3.46. The lowest BCUT2D eigenvalue weighted by Crippen LogP contribution is -2.39. The number of nitrogens with zero attached hydrogens (tertiary/aromatic N) is 1. The number of carboxylic acids is 2. The Hall–Kier alpha value is -2.67. The number of hydrogen-bond donors (Lipinski definition) is 2. The van der Waals surface area contributed by atoms with Crippen LogP contribution in [0, 0.1) is 5.92 Å². The van der Waals surface area contributed by atoms with Gasteiger partial charge in [-0.3, -0.25) is 9.69 Å². The largest absolute Gasteiger partial charge is 0.473 e. The van der Waals surface area contributed by atoms with Gasteiger partial charge < -0.3 is 14.9 Å². The van der Waals surface area contributed by atoms with Crippen LogP contribution in [-0.4, -0.2) is 58.8 Å². The lowest BCUT2D eigenvalue weighted by atomic mass is 9.89. The van der Waals surface area contributed by atoms with Gasteiger partial charge in [-0.1, -0.05) is 43.3 Å². The van der Waals surface area contributed by atoms with Crippen LogP contribution in [0.4, 0.5) is 0 Å². The van der Waals surface area contributed by atoms with E-state index in [9.17, 15) is 4.79 Å². The van der Waals surface area contributed by atoms with Crippen molar-refractivity contribution in [3.63, 3.8) is 0 Å². The minimum absolute atomic E-state index is 0.0415. The summed E-state index contributed by atoms with van der Waals surface area (Å²) in [7, 11) is 0. The molecule has 0 spiro atoms. The fraction of sp³-hybridized carbons (Fsp3) is 0.476. The molecular weight excluding hydrogens is 362 g/mol. The molecule has 3 rings (SSSR count). The number of esters is 1. The number of hydrogen-bond acceptors (Lipinski definition) is 5. The number of likely N-dealkylation sites (N-methyl/N-ethyl adjacent to an activating group) is 1. The van der Waals surface area contributed by atoms with Crippen LogP contribution in [0.2, 0.25) is 0 Å². The first-order valence-electron chi connectivity index (χ1n) is 9.56. The molecule has 1 aliphatic carbocycles. The molecule has 1 aliphatic heterocycles. The van der Waals surface area contributed by atoms with Crippen molar-refractivity contribution in [2.75, 3.05) is 19.6 Å². The third kappa shape index (κ3) is 6.20. The molecular formula is C21H27NO6. The van der Waals surface area contributed by atoms with Crippen molar-refractivity contribution in [3.8, 4) is 0 Å². The predicted octanol–water partition coefficient (Wildman–Crippen LogP) is 2.66. The number of ether oxygens (including phenoxy) is 1. The van der Waals surface area contributed by atoms with Crippen LogP contribution in [0.15, 0.2) is 36.4 Å². The van der Waals surface area contributed by atoms with Crippen molar-refractivity contribution in [2.45, 2.75) is 38.7 Å². The van der Waals surface area contributed by atoms with Gasteiger partial charge in [0.25, 0.3) is 0 Å². The van der Waals surface area contributed by atoms with Crippen molar-refractivity contribution in [1.82, 2.24) is 4.90 Å². The molecule has 1 saturated carbocycles. The fourth-order valence-corrected chi connectivity index (χ4v) is 3.46. The van der Waals surface area contributed by atoms with Gasteiger partial charge in [0, 0.05) is 13.1 Å². The van der Waals surface area contributed by atoms with E-state index in [4.69, 9.17) is 24.5 Å². The van der Waals surface area contributed by atoms with Crippen LogP contribution in [0.3, 0.4) is 0 Å². The standard InChI is InChI=1S/C19H25NO2.C2H2O4/c1-2-20-13-12-17(15-8-4-3-5-9-15)18(14-20)19(21)22-16-10-6-7-11-16;3-1(4)2(5)6/h3-5,8-9,12,16,18H,2,6-7,10-11,13-14H2,1H3;(H,3,4)(H,5,6). The van der Waals surface area contributed by atoms with Crippen molar-refractivity contribution in [2.24, 2.45) is 5.92 Å². The van der Waals surface area contributed by atoms with Crippen LogP contribution in [0.1, 0.15) is 38.2 Å². The number of carboxylic acid groups (broad SMARTS) is 2. The Morgan fingerprint density at radius 1 is 1.07 bits per heavy atom. The van der Waals surface area contributed by atoms with Gasteiger partial charge in [-0.25, -0.2) is 9.59 Å². The summed E-state index contributed by atoms with van der Waals surface area (Å²) < 4.78 is 5.79. The quantitative estimate of drug-likeness (QED) is 0.602. The van der Waals surface area contributed by atoms with E-state index in [-0.39, 0.29) is 18.0 Å². The van der Waals surface area contributed by atoms with E-state index in [1.54, 1.807) is 0 Å². The highest BCUT2D eigenvalue weighted by molar-refractivity contribution is 6.27. The van der Waals surface area contributed by atoms with Crippen molar-refractivity contribution in [1.29, 1.82) is 0 Å². The number of benzene rings is 1. The van der Waals surface area contributed by atoms with Crippen molar-refractivity contribution in [3.05, 3.63) is 42.0 Å². The molecule has 1 heterocycles. The molecule has 1 aromatic rings. The van der Waals surface area contributed by atoms with Crippen molar-refractivity contribution < 1.29 is 29.3 Å². The zero-order valence-electron chi connectivity index (χ0n) is 16.0. The van der Waals surface area contributed by atoms with E-state index in [0.717, 1.165) is 43.6 Å². The maximum atomic E-state index is 12.7. The Labute approximate surface area is 164 Å². The number of carbonyl (C=O) groups excluding carboxylic acids is 1. The molecule has 2 N–H and O–H groups in total. The van der Waals surface area contributed by atoms with Gasteiger partial charge in [0.15, 0.2) is 0 Å². The number of aliphatic carboxylic acids is 2. The van der Waals surface area contributed by atoms with Gasteiger partial charge in [-0.05, 0) is 43.4 Å². The summed E-state index contributed by atoms with van der Waals surface area (Å²) in [5.41, 5.74) is 2.28. The van der Waals surface area contributed by atoms with Gasteiger partial charge in [0.2, 0.25) is 0 Å². The smallest absolute Gasteiger partial charge is 0.414 e. The Morgan fingerprint density at radius 3 is 2.21 bits per heavy atom. The molecule has 1 fully saturated rings. The Bertz CT molecular complexity index is 697. The second kappa shape index (κ2) is 10.6. The second-order valence-corrected chi connectivity index (χ2v) is 6.88. The van der Waals surface area contributed by atoms with E-state index < -0.39 is 11.9 Å². The van der Waals surface area contributed by atoms with Crippen LogP contribution < -0.4 is 0 Å². The summed E-state index contributed by atoms with van der Waals surface area (Å²) in [5.74, 6) is -3.85. The van der Waals surface area contributed by atoms with E-state index in [2.05, 4.69) is 30.0 Å². The summed E-state index contributed by atoms with van der Waals surface area (Å²) in [5, 5.41) is 14.8. The molecule has 7 heteroatoms. The van der Waals surface area contributed by atoms with Crippen LogP contribution in [-0.2, 0) is 19.1 Å². The first kappa shape index (κ1) is 21.6. The average molecular weight is 389 g/mol. The van der Waals surface area contributed by atoms with E-state index in [1.807, 2.05) is 18.2 Å². The number of rotatable bonds is 4. The minimum Gasteiger partial charge on any atom is -0.473 e. The van der Waals surface area contributed by atoms with E-state index >= 15 is 0 Å². The predicted molar refractivity (Wildman–Crippen MR) is 104 cm³/mol. The van der Waals surface area contributed by atoms with Gasteiger partial charge in [0.05, 0.1) is 5.92 Å². The lowest BCUT2D eigenvalue weighted by Gasteiger charge is -2.31. The highest BCUT2D eigenvalue weighted by atomic mass is 16.5. The van der Waals surface area contributed by atoms with Gasteiger partial charge in [-0.2, -0.15) is 0 Å². The normalized spacial score (nSPS) is 19.9. The molecule has 0 radical (unpaired) electrons. The maximum absolute atomic E-state index is 12.7. The molecule has 7 nitrogen and oxygen atoms in total. The van der Waals surface area contributed by atoms with Gasteiger partial charge in [0.1, 0.15) is 6.10 Å². The first-order chi connectivity index (χ1) is 13.4. The summed E-state index contributed by atoms with van der Waals surface area (Å²) in [4.78, 5) is 33.2. The second-order valence-electron chi connectivity index (χ2n) is 6.88. The van der Waals surface area contributed by atoms with Crippen LogP contribution in [0.5, 0.6) is 0 Å². The molecule has 1 atom stereocenters. The molecule has 0 saturated heterocycles. The summed E-state index contributed by atoms with van der Waals surface area (Å²) in [6, 6.07) is 10.2. The Kier molecular flexibility index (Phi) is 8.19. The topological polar surface area (TPSA) is 104 Å². The van der Waals surface area contributed by atoms with Gasteiger partial charge in [-0.15, -0.1) is 0 Å². The third-order valence-electron chi connectivity index (χ3n) is 4.99. The monoisotopic (exact) mass is 389 g/mol. The van der Waals surface area contributed by atoms with Crippen LogP contribution in [0.25, 0.3) is 5.57 Å². The molecule has 0 bridgehead atoms. The summed E-state index contributed by atoms with van der Waals surface area (Å²) in [6.07, 6.45) is 6.77. The summed E-state index contributed by atoms with van der Waals surface area (Å²) >= 11 is 0. The molecule has 1 aromatic carbocycles. The highest BCUT2D eigenvalue weighted by Gasteiger charge is 2.32. The molecule has 152 valence electrons. The molecule has 0 aromatic heterocycles. The lowest BCUT2D eigenvalue weighted by molar-refractivity contribution is -0.159. The van der Waals surface area contributed by atoms with Crippen LogP contribution >= 0.6 is 0 Å². The minimum atomic E-state index is -1.82. The zero-order valence-corrected chi connectivity index (χ0v) is 16.0. The summed E-state index contributed by atoms with van der Waals surface area (Å²) in [6.45, 7) is 4.78. The SMILES string of the molecule is CCN1CC=C(c2ccccc2)C(C(=O)OC2CCCC2)C1.O=C(O)C(=O)O. The third-order valence-corrected chi connectivity index (χ3v) is 4.99. The molecule has 2 aliphatic rings. The molecule has 28 heavy (non-hydrogen) atoms. The average Bonchev–Trinajstić information content (AvgIpc) is 3.21. The molecule has 1 unspecified atom stereocenters. The zero-order chi connectivity index (χ0) is 20.5. The van der Waals surface area contributed by atoms with Gasteiger partial charge >= 0.3 is 17.9 Å². The Morgan fingerprint density at radius 2 is 1.68 bits per heavy atom. The maximum Gasteiger partial charge on any atom is 0.414 e.